The van der Waals surface area contributed by atoms with Gasteiger partial charge in [-0.25, -0.2) is 4.79 Å². The lowest BCUT2D eigenvalue weighted by atomic mass is 10.2. The summed E-state index contributed by atoms with van der Waals surface area (Å²) < 4.78 is 0.893. The molecule has 1 aromatic heterocycles. The lowest BCUT2D eigenvalue weighted by Crippen LogP contribution is -2.23. The van der Waals surface area contributed by atoms with Gasteiger partial charge >= 0.3 is 5.97 Å². The van der Waals surface area contributed by atoms with E-state index in [0.717, 1.165) is 4.47 Å². The fourth-order valence-corrected chi connectivity index (χ4v) is 1.85. The molecule has 0 aliphatic heterocycles. The molecular weight excluding hydrogens is 324 g/mol. The van der Waals surface area contributed by atoms with Crippen molar-refractivity contribution in [3.63, 3.8) is 0 Å². The van der Waals surface area contributed by atoms with Gasteiger partial charge in [0.15, 0.2) is 0 Å². The summed E-state index contributed by atoms with van der Waals surface area (Å²) in [5.41, 5.74) is 1.17. The van der Waals surface area contributed by atoms with E-state index in [1.54, 1.807) is 24.3 Å². The van der Waals surface area contributed by atoms with Crippen LogP contribution >= 0.6 is 15.9 Å². The van der Waals surface area contributed by atoms with Crippen molar-refractivity contribution in [2.75, 3.05) is 0 Å². The number of benzene rings is 1. The molecule has 0 spiro atoms. The largest absolute Gasteiger partial charge is 0.478 e. The molecule has 2 rings (SSSR count). The Balaban J connectivity index is 2.01. The third-order valence-electron chi connectivity index (χ3n) is 2.60. The van der Waals surface area contributed by atoms with Gasteiger partial charge in [-0.2, -0.15) is 0 Å². The van der Waals surface area contributed by atoms with Crippen molar-refractivity contribution >= 4 is 27.8 Å². The fraction of sp³-hybridized carbons (Fsp3) is 0.0714. The monoisotopic (exact) mass is 334 g/mol. The van der Waals surface area contributed by atoms with Crippen LogP contribution in [0.5, 0.6) is 0 Å². The van der Waals surface area contributed by atoms with Gasteiger partial charge in [-0.1, -0.05) is 15.9 Å². The van der Waals surface area contributed by atoms with Gasteiger partial charge in [0.25, 0.3) is 5.91 Å². The van der Waals surface area contributed by atoms with Gasteiger partial charge in [0.1, 0.15) is 0 Å². The van der Waals surface area contributed by atoms with Crippen molar-refractivity contribution in [2.24, 2.45) is 0 Å². The quantitative estimate of drug-likeness (QED) is 0.900. The zero-order chi connectivity index (χ0) is 14.5. The van der Waals surface area contributed by atoms with Crippen LogP contribution < -0.4 is 5.32 Å². The number of nitrogens with zero attached hydrogens (tertiary/aromatic N) is 1. The molecule has 20 heavy (non-hydrogen) atoms. The van der Waals surface area contributed by atoms with Crippen LogP contribution in [-0.4, -0.2) is 22.0 Å². The minimum atomic E-state index is -1.02. The normalized spacial score (nSPS) is 10.1. The van der Waals surface area contributed by atoms with Crippen LogP contribution in [0.3, 0.4) is 0 Å². The van der Waals surface area contributed by atoms with E-state index >= 15 is 0 Å². The van der Waals surface area contributed by atoms with Crippen molar-refractivity contribution < 1.29 is 14.7 Å². The maximum Gasteiger partial charge on any atom is 0.335 e. The summed E-state index contributed by atoms with van der Waals surface area (Å²) in [4.78, 5) is 26.7. The second-order valence-corrected chi connectivity index (χ2v) is 4.95. The molecule has 0 saturated heterocycles. The zero-order valence-corrected chi connectivity index (χ0v) is 11.9. The van der Waals surface area contributed by atoms with Gasteiger partial charge in [-0.15, -0.1) is 0 Å². The highest BCUT2D eigenvalue weighted by molar-refractivity contribution is 9.10. The van der Waals surface area contributed by atoms with Gasteiger partial charge in [0.2, 0.25) is 0 Å². The van der Waals surface area contributed by atoms with Crippen LogP contribution in [0, 0.1) is 0 Å². The standard InChI is InChI=1S/C14H11BrN2O3/c15-11-3-1-9(2-4-11)13(18)17-8-12-7-10(14(19)20)5-6-16-12/h1-7H,8H2,(H,17,18)(H,19,20). The first kappa shape index (κ1) is 14.2. The Morgan fingerprint density at radius 3 is 2.50 bits per heavy atom. The minimum Gasteiger partial charge on any atom is -0.478 e. The average molecular weight is 335 g/mol. The molecule has 102 valence electrons. The molecule has 0 unspecified atom stereocenters. The molecule has 0 aliphatic rings. The lowest BCUT2D eigenvalue weighted by molar-refractivity contribution is 0.0696. The lowest BCUT2D eigenvalue weighted by Gasteiger charge is -2.05. The molecule has 1 heterocycles. The summed E-state index contributed by atoms with van der Waals surface area (Å²) in [5.74, 6) is -1.26. The summed E-state index contributed by atoms with van der Waals surface area (Å²) in [6, 6.07) is 9.78. The van der Waals surface area contributed by atoms with Gasteiger partial charge in [-0.05, 0) is 36.4 Å². The first-order valence-electron chi connectivity index (χ1n) is 5.78. The number of hydrogen-bond donors (Lipinski definition) is 2. The fourth-order valence-electron chi connectivity index (χ4n) is 1.58. The maximum atomic E-state index is 11.9. The molecule has 1 amide bonds. The van der Waals surface area contributed by atoms with Gasteiger partial charge in [0.05, 0.1) is 17.8 Å². The third-order valence-corrected chi connectivity index (χ3v) is 3.13. The molecule has 2 N–H and O–H groups in total. The Bertz CT molecular complexity index is 641. The SMILES string of the molecule is O=C(O)c1ccnc(CNC(=O)c2ccc(Br)cc2)c1. The number of nitrogens with one attached hydrogen (secondary N) is 1. The van der Waals surface area contributed by atoms with Crippen LogP contribution in [-0.2, 0) is 6.54 Å². The Morgan fingerprint density at radius 1 is 1.15 bits per heavy atom. The van der Waals surface area contributed by atoms with Crippen molar-refractivity contribution in [1.82, 2.24) is 10.3 Å². The molecule has 0 fully saturated rings. The van der Waals surface area contributed by atoms with Crippen molar-refractivity contribution in [3.8, 4) is 0 Å². The first-order chi connectivity index (χ1) is 9.56. The van der Waals surface area contributed by atoms with Crippen LogP contribution in [0.4, 0.5) is 0 Å². The molecular formula is C14H11BrN2O3. The Morgan fingerprint density at radius 2 is 1.85 bits per heavy atom. The molecule has 2 aromatic rings. The first-order valence-corrected chi connectivity index (χ1v) is 6.57. The second-order valence-electron chi connectivity index (χ2n) is 4.03. The minimum absolute atomic E-state index is 0.146. The molecule has 0 saturated carbocycles. The number of aromatic carboxylic acids is 1. The summed E-state index contributed by atoms with van der Waals surface area (Å²) in [7, 11) is 0. The topological polar surface area (TPSA) is 79.3 Å². The Kier molecular flexibility index (Phi) is 4.47. The van der Waals surface area contributed by atoms with E-state index in [9.17, 15) is 9.59 Å². The van der Waals surface area contributed by atoms with Crippen molar-refractivity contribution in [2.45, 2.75) is 6.54 Å². The number of carbonyl (C=O) groups is 2. The average Bonchev–Trinajstić information content (AvgIpc) is 2.46. The highest BCUT2D eigenvalue weighted by Crippen LogP contribution is 2.10. The van der Waals surface area contributed by atoms with Crippen LogP contribution in [0.2, 0.25) is 0 Å². The molecule has 6 heteroatoms. The van der Waals surface area contributed by atoms with E-state index in [0.29, 0.717) is 11.3 Å². The van der Waals surface area contributed by atoms with E-state index in [1.807, 2.05) is 0 Å². The van der Waals surface area contributed by atoms with Gasteiger partial charge in [0, 0.05) is 16.2 Å². The Labute approximate surface area is 123 Å². The number of carbonyl (C=O) groups excluding carboxylic acids is 1. The number of amides is 1. The van der Waals surface area contributed by atoms with E-state index in [2.05, 4.69) is 26.2 Å². The number of halogens is 1. The highest BCUT2D eigenvalue weighted by Gasteiger charge is 2.07. The third kappa shape index (κ3) is 3.64. The Hall–Kier alpha value is -2.21. The smallest absolute Gasteiger partial charge is 0.335 e. The predicted molar refractivity (Wildman–Crippen MR) is 76.5 cm³/mol. The molecule has 5 nitrogen and oxygen atoms in total. The number of hydrogen-bond acceptors (Lipinski definition) is 3. The van der Waals surface area contributed by atoms with E-state index < -0.39 is 5.97 Å². The van der Waals surface area contributed by atoms with Gasteiger partial charge in [-0.3, -0.25) is 9.78 Å². The van der Waals surface area contributed by atoms with E-state index in [4.69, 9.17) is 5.11 Å². The van der Waals surface area contributed by atoms with Crippen molar-refractivity contribution in [3.05, 3.63) is 63.9 Å². The number of pyridine rings is 1. The zero-order valence-electron chi connectivity index (χ0n) is 10.3. The van der Waals surface area contributed by atoms with E-state index in [-0.39, 0.29) is 18.0 Å². The van der Waals surface area contributed by atoms with Crippen molar-refractivity contribution in [1.29, 1.82) is 0 Å². The molecule has 0 aliphatic carbocycles. The van der Waals surface area contributed by atoms with E-state index in [1.165, 1.54) is 18.3 Å². The van der Waals surface area contributed by atoms with Crippen LogP contribution in [0.25, 0.3) is 0 Å². The second kappa shape index (κ2) is 6.29. The van der Waals surface area contributed by atoms with Crippen LogP contribution in [0.15, 0.2) is 47.1 Å². The summed E-state index contributed by atoms with van der Waals surface area (Å²) in [5, 5.41) is 11.6. The number of rotatable bonds is 4. The molecule has 1 aromatic carbocycles. The molecule has 0 atom stereocenters. The summed E-state index contributed by atoms with van der Waals surface area (Å²) in [6.07, 6.45) is 1.41. The van der Waals surface area contributed by atoms with Crippen LogP contribution in [0.1, 0.15) is 26.4 Å². The summed E-state index contributed by atoms with van der Waals surface area (Å²) in [6.45, 7) is 0.177. The number of carboxylic acid groups (broad SMARTS) is 1. The number of carboxylic acids is 1. The predicted octanol–water partition coefficient (Wildman–Crippen LogP) is 2.47. The molecule has 0 radical (unpaired) electrons. The highest BCUT2D eigenvalue weighted by atomic mass is 79.9. The maximum absolute atomic E-state index is 11.9. The summed E-state index contributed by atoms with van der Waals surface area (Å²) >= 11 is 3.29. The van der Waals surface area contributed by atoms with Gasteiger partial charge < -0.3 is 10.4 Å². The number of aromatic nitrogens is 1. The molecule has 0 bridgehead atoms.